The Morgan fingerprint density at radius 3 is 0.992 bits per heavy atom. The van der Waals surface area contributed by atoms with Crippen molar-refractivity contribution < 1.29 is 115 Å². The molecule has 6 radical (unpaired) electrons. The van der Waals surface area contributed by atoms with Gasteiger partial charge in [0.25, 0.3) is 0 Å². The van der Waals surface area contributed by atoms with Gasteiger partial charge in [-0.1, -0.05) is 50.8 Å². The van der Waals surface area contributed by atoms with Crippen LogP contribution >= 0.6 is 69.3 Å². The average molecular weight is 1850 g/mol. The third-order valence-electron chi connectivity index (χ3n) is 20.3. The smallest absolute Gasteiger partial charge is 0.378 e. The minimum atomic E-state index is -1.62. The van der Waals surface area contributed by atoms with E-state index in [4.69, 9.17) is 58.7 Å². The van der Waals surface area contributed by atoms with Crippen LogP contribution in [-0.4, -0.2) is 327 Å². The first-order valence-electron chi connectivity index (χ1n) is 38.8. The van der Waals surface area contributed by atoms with Gasteiger partial charge in [0.15, 0.2) is 34.5 Å². The number of carbonyl (C=O) groups is 15. The Morgan fingerprint density at radius 1 is 0.464 bits per heavy atom. The first-order valence-corrected chi connectivity index (χ1v) is 44.1. The number of nitrogens with one attached hydrogen (secondary N) is 1. The van der Waals surface area contributed by atoms with Crippen LogP contribution in [0, 0.1) is 38.5 Å². The van der Waals surface area contributed by atoms with Gasteiger partial charge in [0.2, 0.25) is 49.1 Å². The maximum atomic E-state index is 13.6. The van der Waals surface area contributed by atoms with Crippen LogP contribution < -0.4 is 11.3 Å². The van der Waals surface area contributed by atoms with Crippen molar-refractivity contribution in [2.24, 2.45) is 44.2 Å². The number of amides is 9. The second kappa shape index (κ2) is 36.9. The Labute approximate surface area is 747 Å². The molecule has 9 fully saturated rings. The zero-order chi connectivity index (χ0) is 92.9. The summed E-state index contributed by atoms with van der Waals surface area (Å²) < 4.78 is 29.8. The van der Waals surface area contributed by atoms with E-state index < -0.39 is 153 Å². The average Bonchev–Trinajstić information content (AvgIpc) is 1.57. The van der Waals surface area contributed by atoms with E-state index in [1.165, 1.54) is 110 Å². The molecule has 9 aliphatic rings. The van der Waals surface area contributed by atoms with E-state index >= 15 is 0 Å². The van der Waals surface area contributed by atoms with Crippen LogP contribution in [0.2, 0.25) is 0 Å². The summed E-state index contributed by atoms with van der Waals surface area (Å²) in [5, 5.41) is 24.2. The van der Waals surface area contributed by atoms with Crippen molar-refractivity contribution in [2.45, 2.75) is 208 Å². The number of ketones is 3. The van der Waals surface area contributed by atoms with E-state index in [2.05, 4.69) is 61.6 Å². The number of rotatable bonds is 29. The number of aryl methyl sites for hydroxylation is 3. The highest BCUT2D eigenvalue weighted by Gasteiger charge is 2.70. The van der Waals surface area contributed by atoms with Gasteiger partial charge in [-0.2, -0.15) is 5.10 Å². The van der Waals surface area contributed by atoms with Gasteiger partial charge in [-0.05, 0) is 125 Å². The molecular weight excluding hydrogens is 1750 g/mol. The fourth-order valence-corrected chi connectivity index (χ4v) is 20.9. The number of hydrogen-bond acceptors (Lipinski definition) is 39. The molecule has 125 heavy (non-hydrogen) atoms. The molecule has 9 amide bonds. The van der Waals surface area contributed by atoms with Crippen molar-refractivity contribution >= 4 is 206 Å². The summed E-state index contributed by atoms with van der Waals surface area (Å²) in [4.78, 5) is 228. The Balaban J connectivity index is 0.000000196. The number of nitrogens with two attached hydrogens (primary N) is 1. The van der Waals surface area contributed by atoms with Crippen LogP contribution in [0.15, 0.2) is 36.7 Å². The molecule has 42 nitrogen and oxygen atoms in total. The summed E-state index contributed by atoms with van der Waals surface area (Å²) in [6.45, 7) is 33.5. The van der Waals surface area contributed by atoms with E-state index in [0.717, 1.165) is 45.3 Å². The molecule has 9 atom stereocenters. The third kappa shape index (κ3) is 20.1. The lowest BCUT2D eigenvalue weighted by molar-refractivity contribution is -0.180. The van der Waals surface area contributed by atoms with Crippen molar-refractivity contribution in [3.05, 3.63) is 48.2 Å². The Morgan fingerprint density at radius 2 is 0.752 bits per heavy atom. The van der Waals surface area contributed by atoms with Crippen LogP contribution in [0.1, 0.15) is 155 Å². The monoisotopic (exact) mass is 1840 g/mol. The van der Waals surface area contributed by atoms with Crippen LogP contribution in [0.3, 0.4) is 0 Å². The fraction of sp³-hybridized carbons (Fsp3) is 0.622. The summed E-state index contributed by atoms with van der Waals surface area (Å²) >= 11 is 6.94. The molecule has 0 aliphatic carbocycles. The second-order valence-corrected chi connectivity index (χ2v) is 41.6. The largest absolute Gasteiger partial charge is 0.541 e. The predicted octanol–water partition coefficient (Wildman–Crippen LogP) is 3.15. The summed E-state index contributed by atoms with van der Waals surface area (Å²) in [6.07, 6.45) is -0.854. The summed E-state index contributed by atoms with van der Waals surface area (Å²) in [5.74, 6) is -4.32. The zero-order valence-electron chi connectivity index (χ0n) is 72.1. The van der Waals surface area contributed by atoms with Crippen LogP contribution in [0.25, 0.3) is 0 Å². The van der Waals surface area contributed by atoms with Crippen molar-refractivity contribution in [3.8, 4) is 0 Å². The molecule has 670 valence electrons. The SMILES string of the molecule is [B]OC(=O)[C@@]1(N2CCN(N)C2=O)CN2C(=O)[C@@H](CC(=O)/C(=N\OC(C)(C)C(=O)OC(C)(C)C)c3csc(C)n3)[C@H]2S1.[B]OC(=O)[C@@]1(N2CCN(N=C)C2=O)CN2C(=O)[C@@H](CC(=O)/C(=N\OC(C)(C)C(=O)OC(C)(C)C)c3csc(C)n3)[C@H]2S1.[B]OC(=O)[C@@]1(N2CCN(NC)C2=O)CN2C(=O)[C@@H](CC(=O)/C(=N\OC(C)(C)C(=O)OC(C)(C)C)c3csc(C)n3)[C@H]2S1. The first kappa shape index (κ1) is 97.4. The molecule has 51 heteroatoms. The van der Waals surface area contributed by atoms with E-state index in [1.807, 2.05) is 0 Å². The molecule has 3 aromatic rings. The van der Waals surface area contributed by atoms with Gasteiger partial charge in [-0.3, -0.25) is 67.9 Å². The van der Waals surface area contributed by atoms with Gasteiger partial charge in [0.05, 0.1) is 88.2 Å². The Bertz CT molecular complexity index is 4950. The molecule has 0 aromatic carbocycles. The van der Waals surface area contributed by atoms with Gasteiger partial charge >= 0.3 is 78.1 Å². The number of urea groups is 3. The normalized spacial score (nSPS) is 24.5. The fourth-order valence-electron chi connectivity index (χ4n) is 13.9. The van der Waals surface area contributed by atoms with Crippen LogP contribution in [0.5, 0.6) is 0 Å². The molecular formula is C74H95B3N18O24S6. The Hall–Kier alpha value is -9.82. The van der Waals surface area contributed by atoms with Crippen molar-refractivity contribution in [1.82, 2.24) is 64.8 Å². The Kier molecular flexibility index (Phi) is 28.7. The maximum absolute atomic E-state index is 13.6. The molecule has 9 aliphatic heterocycles. The van der Waals surface area contributed by atoms with E-state index in [9.17, 15) is 71.9 Å². The van der Waals surface area contributed by atoms with Gasteiger partial charge in [0.1, 0.15) is 33.9 Å². The number of oxime groups is 3. The molecule has 0 spiro atoms. The number of hydrazone groups is 1. The third-order valence-corrected chi connectivity index (χ3v) is 27.8. The van der Waals surface area contributed by atoms with Crippen LogP contribution in [0.4, 0.5) is 14.4 Å². The number of thiazole rings is 3. The van der Waals surface area contributed by atoms with Crippen molar-refractivity contribution in [2.75, 3.05) is 66.0 Å². The van der Waals surface area contributed by atoms with E-state index in [1.54, 1.807) is 106 Å². The lowest BCUT2D eigenvalue weighted by Crippen LogP contribution is -2.60. The van der Waals surface area contributed by atoms with Crippen LogP contribution in [-0.2, 0) is 100 Å². The summed E-state index contributed by atoms with van der Waals surface area (Å²) in [6, 6.07) is -1.65. The molecule has 9 saturated heterocycles. The van der Waals surface area contributed by atoms with Gasteiger partial charge in [-0.25, -0.2) is 60.0 Å². The summed E-state index contributed by atoms with van der Waals surface area (Å²) in [7, 11) is 17.3. The number of esters is 3. The number of β-lactam (4-membered cyclic amide) rings is 3. The van der Waals surface area contributed by atoms with Crippen molar-refractivity contribution in [3.63, 3.8) is 0 Å². The first-order chi connectivity index (χ1) is 58.1. The summed E-state index contributed by atoms with van der Waals surface area (Å²) in [5.41, 5.74) is -3.94. The second-order valence-electron chi connectivity index (χ2n) is 34.2. The van der Waals surface area contributed by atoms with Crippen molar-refractivity contribution in [1.29, 1.82) is 0 Å². The lowest BCUT2D eigenvalue weighted by atomic mass is 9.90. The molecule has 12 rings (SSSR count). The number of hydrogen-bond donors (Lipinski definition) is 2. The zero-order valence-corrected chi connectivity index (χ0v) is 77.0. The van der Waals surface area contributed by atoms with Gasteiger partial charge in [0, 0.05) is 68.8 Å². The highest BCUT2D eigenvalue weighted by atomic mass is 32.2. The molecule has 0 saturated carbocycles. The van der Waals surface area contributed by atoms with E-state index in [0.29, 0.717) is 21.6 Å². The minimum Gasteiger partial charge on any atom is -0.541 e. The van der Waals surface area contributed by atoms with Gasteiger partial charge in [-0.15, -0.1) is 34.0 Å². The highest BCUT2D eigenvalue weighted by molar-refractivity contribution is 8.03. The topological polar surface area (TPSA) is 494 Å². The number of hydrazine groups is 2. The highest BCUT2D eigenvalue weighted by Crippen LogP contribution is 2.56. The standard InChI is InChI=1S/C25H33BN6O8S2.C25H31BN6O8S2.C24H31BN6O8S2/c2*1-13-28-15(11-41-13)17(29-40-24(5,6)20(35)38-23(2,3)4)16(33)10-14-18(34)30-12-25(21(36)39-26,42-19(14)30)31-8-9-32(27-7)22(31)37;1-12-27-14(10-40-12)16(28-39-23(5,6)19(34)37-22(2,3)4)15(32)9-13-17(33)29-11-24(20(35)38-25,41-18(13)29)30-7-8-31(26)21(30)36/h11,14,19,27H,8-10,12H2,1-7H3;11,14,19H,7-10,12H2,1-6H3;10,13,18H,7-9,11,26H2,1-6H3/b2*29-17-;28-16-/t2*14-,19-,25-;13-,18-,24-/m111/s1. The maximum Gasteiger partial charge on any atom is 0.378 e. The molecule has 3 aromatic heterocycles. The molecule has 0 bridgehead atoms. The van der Waals surface area contributed by atoms with E-state index in [-0.39, 0.29) is 124 Å². The minimum absolute atomic E-state index is 0.126. The molecule has 12 heterocycles. The number of aromatic nitrogens is 3. The number of ether oxygens (including phenoxy) is 3. The molecule has 0 unspecified atom stereocenters. The molecule has 3 N–H and O–H groups in total. The number of thioether (sulfide) groups is 3. The number of carbonyl (C=O) groups excluding carboxylic acids is 15. The number of fused-ring (bicyclic) bond motifs is 3. The quantitative estimate of drug-likeness (QED) is 0.0147. The number of nitrogens with zero attached hydrogens (tertiary/aromatic N) is 16. The lowest BCUT2D eigenvalue weighted by Gasteiger charge is -2.40. The number of Topliss-reactive ketones (excluding diaryl/α,β-unsaturated/α-hetero) is 3. The predicted molar refractivity (Wildman–Crippen MR) is 455 cm³/mol. The van der Waals surface area contributed by atoms with Gasteiger partial charge < -0.3 is 57.4 Å².